The average molecular weight is 427 g/mol. The zero-order valence-corrected chi connectivity index (χ0v) is 17.0. The van der Waals surface area contributed by atoms with E-state index in [0.717, 1.165) is 4.90 Å². The third kappa shape index (κ3) is 4.36. The number of fused-ring (bicyclic) bond motifs is 1. The van der Waals surface area contributed by atoms with E-state index in [-0.39, 0.29) is 31.0 Å². The molecule has 0 bridgehead atoms. The number of imide groups is 1. The Morgan fingerprint density at radius 2 is 1.73 bits per heavy atom. The van der Waals surface area contributed by atoms with Crippen LogP contribution in [0.2, 0.25) is 0 Å². The second-order valence-corrected chi connectivity index (χ2v) is 8.54. The fraction of sp³-hybridized carbons (Fsp3) is 0.550. The van der Waals surface area contributed by atoms with Crippen molar-refractivity contribution in [2.24, 2.45) is 0 Å². The van der Waals surface area contributed by atoms with Gasteiger partial charge in [0, 0.05) is 19.5 Å². The highest BCUT2D eigenvalue weighted by Gasteiger charge is 2.61. The molecule has 10 heteroatoms. The first-order valence-electron chi connectivity index (χ1n) is 9.55. The summed E-state index contributed by atoms with van der Waals surface area (Å²) in [4.78, 5) is 41.2. The number of benzene rings is 1. The van der Waals surface area contributed by atoms with Crippen molar-refractivity contribution in [1.82, 2.24) is 14.7 Å². The van der Waals surface area contributed by atoms with Gasteiger partial charge in [-0.15, -0.1) is 0 Å². The lowest BCUT2D eigenvalue weighted by Gasteiger charge is -2.44. The monoisotopic (exact) mass is 427 g/mol. The largest absolute Gasteiger partial charge is 0.444 e. The first-order chi connectivity index (χ1) is 13.8. The van der Waals surface area contributed by atoms with Crippen LogP contribution < -0.4 is 0 Å². The normalized spacial score (nSPS) is 22.4. The molecule has 2 aliphatic rings. The van der Waals surface area contributed by atoms with Crippen LogP contribution in [0.5, 0.6) is 0 Å². The summed E-state index contributed by atoms with van der Waals surface area (Å²) in [5.74, 6) is -0.957. The molecule has 0 saturated carbocycles. The maximum atomic E-state index is 13.2. The Hall–Kier alpha value is -2.78. The van der Waals surface area contributed by atoms with Crippen LogP contribution in [-0.2, 0) is 16.0 Å². The Bertz CT molecular complexity index is 838. The molecule has 7 nitrogen and oxygen atoms in total. The van der Waals surface area contributed by atoms with E-state index < -0.39 is 41.9 Å². The van der Waals surface area contributed by atoms with Crippen LogP contribution >= 0.6 is 0 Å². The Kier molecular flexibility index (Phi) is 5.46. The maximum Gasteiger partial charge on any atom is 0.410 e. The molecule has 0 aromatic heterocycles. The topological polar surface area (TPSA) is 70.2 Å². The van der Waals surface area contributed by atoms with Crippen LogP contribution in [0.1, 0.15) is 26.3 Å². The summed E-state index contributed by atoms with van der Waals surface area (Å²) in [6.07, 6.45) is -5.41. The quantitative estimate of drug-likeness (QED) is 0.696. The van der Waals surface area contributed by atoms with Crippen LogP contribution in [0.25, 0.3) is 0 Å². The van der Waals surface area contributed by atoms with Crippen LogP contribution in [0, 0.1) is 0 Å². The van der Waals surface area contributed by atoms with Crippen LogP contribution in [0.3, 0.4) is 0 Å². The molecular formula is C20H24F3N3O4. The summed E-state index contributed by atoms with van der Waals surface area (Å²) < 4.78 is 44.4. The lowest BCUT2D eigenvalue weighted by atomic mass is 9.87. The summed E-state index contributed by atoms with van der Waals surface area (Å²) in [6, 6.07) is 7.70. The molecule has 0 spiro atoms. The van der Waals surface area contributed by atoms with Crippen molar-refractivity contribution in [3.05, 3.63) is 35.9 Å². The zero-order valence-electron chi connectivity index (χ0n) is 17.0. The SMILES string of the molecule is CC(C)(C)OC(=O)N1CCN2C(=O)N(CC(F)(F)F)C(=O)C2(Cc2ccccc2)C1. The van der Waals surface area contributed by atoms with E-state index in [1.54, 1.807) is 51.1 Å². The van der Waals surface area contributed by atoms with Gasteiger partial charge in [0.2, 0.25) is 0 Å². The van der Waals surface area contributed by atoms with Crippen LogP contribution in [-0.4, -0.2) is 76.2 Å². The molecule has 0 radical (unpaired) electrons. The van der Waals surface area contributed by atoms with Crippen LogP contribution in [0.4, 0.5) is 22.8 Å². The first-order valence-corrected chi connectivity index (χ1v) is 9.55. The van der Waals surface area contributed by atoms with Crippen molar-refractivity contribution < 1.29 is 32.3 Å². The van der Waals surface area contributed by atoms with Gasteiger partial charge < -0.3 is 14.5 Å². The van der Waals surface area contributed by atoms with E-state index in [9.17, 15) is 27.6 Å². The molecule has 2 heterocycles. The highest BCUT2D eigenvalue weighted by atomic mass is 19.4. The number of halogens is 3. The van der Waals surface area contributed by atoms with Gasteiger partial charge in [-0.25, -0.2) is 9.59 Å². The van der Waals surface area contributed by atoms with Gasteiger partial charge in [0.25, 0.3) is 5.91 Å². The summed E-state index contributed by atoms with van der Waals surface area (Å²) in [7, 11) is 0. The first kappa shape index (κ1) is 21.9. The van der Waals surface area contributed by atoms with Crippen molar-refractivity contribution in [3.63, 3.8) is 0 Å². The maximum absolute atomic E-state index is 13.2. The van der Waals surface area contributed by atoms with Gasteiger partial charge in [0.15, 0.2) is 0 Å². The molecule has 3 rings (SSSR count). The smallest absolute Gasteiger partial charge is 0.410 e. The molecule has 1 atom stereocenters. The fourth-order valence-electron chi connectivity index (χ4n) is 3.82. The highest BCUT2D eigenvalue weighted by Crippen LogP contribution is 2.37. The highest BCUT2D eigenvalue weighted by molar-refractivity contribution is 6.08. The second-order valence-electron chi connectivity index (χ2n) is 8.54. The molecule has 1 unspecified atom stereocenters. The molecule has 0 aliphatic carbocycles. The number of alkyl halides is 3. The number of nitrogens with zero attached hydrogens (tertiary/aromatic N) is 3. The number of urea groups is 1. The van der Waals surface area contributed by atoms with Gasteiger partial charge in [-0.2, -0.15) is 13.2 Å². The van der Waals surface area contributed by atoms with E-state index >= 15 is 0 Å². The molecule has 0 N–H and O–H groups in total. The van der Waals surface area contributed by atoms with Crippen molar-refractivity contribution in [3.8, 4) is 0 Å². The zero-order chi connectivity index (χ0) is 22.3. The van der Waals surface area contributed by atoms with Gasteiger partial charge in [-0.05, 0) is 26.3 Å². The lowest BCUT2D eigenvalue weighted by Crippen LogP contribution is -2.65. The summed E-state index contributed by atoms with van der Waals surface area (Å²) in [5, 5.41) is 0. The number of carbonyl (C=O) groups is 3. The minimum atomic E-state index is -4.72. The third-order valence-corrected chi connectivity index (χ3v) is 5.00. The van der Waals surface area contributed by atoms with Gasteiger partial charge in [-0.3, -0.25) is 9.69 Å². The number of amides is 4. The number of rotatable bonds is 3. The van der Waals surface area contributed by atoms with E-state index in [0.29, 0.717) is 5.56 Å². The number of piperazine rings is 1. The van der Waals surface area contributed by atoms with E-state index in [4.69, 9.17) is 4.74 Å². The van der Waals surface area contributed by atoms with E-state index in [2.05, 4.69) is 0 Å². The second kappa shape index (κ2) is 7.48. The number of ether oxygens (including phenoxy) is 1. The Balaban J connectivity index is 1.96. The van der Waals surface area contributed by atoms with Crippen molar-refractivity contribution in [2.45, 2.75) is 44.5 Å². The minimum Gasteiger partial charge on any atom is -0.444 e. The number of hydrogen-bond donors (Lipinski definition) is 0. The van der Waals surface area contributed by atoms with Gasteiger partial charge >= 0.3 is 18.3 Å². The predicted molar refractivity (Wildman–Crippen MR) is 101 cm³/mol. The molecular weight excluding hydrogens is 403 g/mol. The summed E-state index contributed by atoms with van der Waals surface area (Å²) in [6.45, 7) is 3.16. The summed E-state index contributed by atoms with van der Waals surface area (Å²) in [5.41, 5.74) is -1.72. The molecule has 2 fully saturated rings. The van der Waals surface area contributed by atoms with E-state index in [1.165, 1.54) is 4.90 Å². The Morgan fingerprint density at radius 3 is 2.30 bits per heavy atom. The summed E-state index contributed by atoms with van der Waals surface area (Å²) >= 11 is 0. The molecule has 2 aliphatic heterocycles. The predicted octanol–water partition coefficient (Wildman–Crippen LogP) is 3.05. The van der Waals surface area contributed by atoms with Crippen molar-refractivity contribution in [1.29, 1.82) is 0 Å². The van der Waals surface area contributed by atoms with Crippen LogP contribution in [0.15, 0.2) is 30.3 Å². The molecule has 164 valence electrons. The van der Waals surface area contributed by atoms with Gasteiger partial charge in [0.1, 0.15) is 17.7 Å². The molecule has 30 heavy (non-hydrogen) atoms. The van der Waals surface area contributed by atoms with Gasteiger partial charge in [0.05, 0.1) is 6.54 Å². The van der Waals surface area contributed by atoms with Crippen molar-refractivity contribution >= 4 is 18.0 Å². The Morgan fingerprint density at radius 1 is 1.10 bits per heavy atom. The molecule has 4 amide bonds. The lowest BCUT2D eigenvalue weighted by molar-refractivity contribution is -0.156. The number of hydrogen-bond acceptors (Lipinski definition) is 4. The fourth-order valence-corrected chi connectivity index (χ4v) is 3.82. The molecule has 1 aromatic carbocycles. The minimum absolute atomic E-state index is 0.00787. The molecule has 1 aromatic rings. The third-order valence-electron chi connectivity index (χ3n) is 5.00. The standard InChI is InChI=1S/C20H24F3N3O4/c1-18(2,3)30-17(29)24-9-10-26-16(28)25(13-20(21,22)23)15(27)19(26,12-24)11-14-7-5-4-6-8-14/h4-8H,9-13H2,1-3H3. The number of carbonyl (C=O) groups excluding carboxylic acids is 3. The van der Waals surface area contributed by atoms with E-state index in [1.807, 2.05) is 0 Å². The molecule has 2 saturated heterocycles. The Labute approximate surface area is 172 Å². The van der Waals surface area contributed by atoms with Gasteiger partial charge in [-0.1, -0.05) is 30.3 Å². The van der Waals surface area contributed by atoms with Crippen molar-refractivity contribution in [2.75, 3.05) is 26.2 Å². The average Bonchev–Trinajstić information content (AvgIpc) is 2.81.